The smallest absolute Gasteiger partial charge is 0.341 e. The molecule has 0 aromatic heterocycles. The molecule has 2 aromatic carbocycles. The Hall–Kier alpha value is -3.09. The van der Waals surface area contributed by atoms with Crippen LogP contribution in [-0.2, 0) is 9.53 Å². The molecular formula is C18H18FNO5. The van der Waals surface area contributed by atoms with Gasteiger partial charge in [0, 0.05) is 12.5 Å². The predicted molar refractivity (Wildman–Crippen MR) is 89.2 cm³/mol. The van der Waals surface area contributed by atoms with Gasteiger partial charge in [0.05, 0.1) is 19.4 Å². The number of phenols is 1. The second kappa shape index (κ2) is 8.68. The lowest BCUT2D eigenvalue weighted by Crippen LogP contribution is -2.14. The summed E-state index contributed by atoms with van der Waals surface area (Å²) in [5, 5.41) is 12.5. The third-order valence-corrected chi connectivity index (χ3v) is 3.33. The van der Waals surface area contributed by atoms with E-state index < -0.39 is 11.8 Å². The quantitative estimate of drug-likeness (QED) is 0.457. The van der Waals surface area contributed by atoms with Crippen LogP contribution in [0, 0.1) is 5.82 Å². The maximum atomic E-state index is 13.0. The molecule has 132 valence electrons. The largest absolute Gasteiger partial charge is 0.505 e. The van der Waals surface area contributed by atoms with Gasteiger partial charge in [-0.15, -0.1) is 0 Å². The number of nitrogens with one attached hydrogen (secondary N) is 1. The molecule has 2 rings (SSSR count). The van der Waals surface area contributed by atoms with E-state index in [-0.39, 0.29) is 35.9 Å². The lowest BCUT2D eigenvalue weighted by molar-refractivity contribution is -0.116. The standard InChI is InChI=1S/C18H18FNO5/c1-24-18(23)14-7-3-8-15(17(14)22)20-16(21)9-4-10-25-13-6-2-5-12(19)11-13/h2-3,5-8,11,22H,4,9-10H2,1H3,(H,20,21). The SMILES string of the molecule is COC(=O)c1cccc(NC(=O)CCCOc2cccc(F)c2)c1O. The van der Waals surface area contributed by atoms with Gasteiger partial charge in [-0.05, 0) is 30.7 Å². The minimum absolute atomic E-state index is 0.0327. The molecule has 0 saturated carbocycles. The van der Waals surface area contributed by atoms with E-state index >= 15 is 0 Å². The van der Waals surface area contributed by atoms with Gasteiger partial charge in [0.15, 0.2) is 5.75 Å². The summed E-state index contributed by atoms with van der Waals surface area (Å²) < 4.78 is 22.9. The average molecular weight is 347 g/mol. The Labute approximate surface area is 144 Å². The molecule has 0 aliphatic heterocycles. The predicted octanol–water partition coefficient (Wildman–Crippen LogP) is 3.12. The molecule has 1 amide bonds. The highest BCUT2D eigenvalue weighted by molar-refractivity contribution is 5.98. The van der Waals surface area contributed by atoms with Gasteiger partial charge < -0.3 is 19.9 Å². The van der Waals surface area contributed by atoms with Crippen LogP contribution in [-0.4, -0.2) is 30.7 Å². The lowest BCUT2D eigenvalue weighted by atomic mass is 10.1. The Morgan fingerprint density at radius 2 is 1.96 bits per heavy atom. The lowest BCUT2D eigenvalue weighted by Gasteiger charge is -2.10. The van der Waals surface area contributed by atoms with Gasteiger partial charge >= 0.3 is 5.97 Å². The first-order chi connectivity index (χ1) is 12.0. The van der Waals surface area contributed by atoms with Crippen molar-refractivity contribution in [2.45, 2.75) is 12.8 Å². The number of halogens is 1. The van der Waals surface area contributed by atoms with Crippen LogP contribution < -0.4 is 10.1 Å². The molecule has 25 heavy (non-hydrogen) atoms. The van der Waals surface area contributed by atoms with Crippen LogP contribution in [0.5, 0.6) is 11.5 Å². The topological polar surface area (TPSA) is 84.9 Å². The second-order valence-corrected chi connectivity index (χ2v) is 5.15. The van der Waals surface area contributed by atoms with Crippen LogP contribution in [0.15, 0.2) is 42.5 Å². The zero-order chi connectivity index (χ0) is 18.2. The summed E-state index contributed by atoms with van der Waals surface area (Å²) in [6.45, 7) is 0.241. The Morgan fingerprint density at radius 1 is 1.20 bits per heavy atom. The summed E-state index contributed by atoms with van der Waals surface area (Å²) in [4.78, 5) is 23.4. The number of rotatable bonds is 7. The van der Waals surface area contributed by atoms with E-state index in [1.54, 1.807) is 6.07 Å². The molecule has 0 radical (unpaired) electrons. The molecule has 0 heterocycles. The number of amides is 1. The van der Waals surface area contributed by atoms with Crippen molar-refractivity contribution in [1.82, 2.24) is 0 Å². The van der Waals surface area contributed by atoms with E-state index in [0.29, 0.717) is 12.2 Å². The van der Waals surface area contributed by atoms with Crippen LogP contribution in [0.2, 0.25) is 0 Å². The summed E-state index contributed by atoms with van der Waals surface area (Å²) >= 11 is 0. The number of phenolic OH excluding ortho intramolecular Hbond substituents is 1. The van der Waals surface area contributed by atoms with Gasteiger partial charge in [0.1, 0.15) is 17.1 Å². The Bertz CT molecular complexity index is 763. The molecule has 0 spiro atoms. The first-order valence-corrected chi connectivity index (χ1v) is 7.59. The molecule has 2 aromatic rings. The number of carbonyl (C=O) groups excluding carboxylic acids is 2. The minimum Gasteiger partial charge on any atom is -0.505 e. The highest BCUT2D eigenvalue weighted by atomic mass is 19.1. The monoisotopic (exact) mass is 347 g/mol. The van der Waals surface area contributed by atoms with Crippen molar-refractivity contribution in [1.29, 1.82) is 0 Å². The molecule has 0 atom stereocenters. The van der Waals surface area contributed by atoms with E-state index in [1.807, 2.05) is 0 Å². The molecule has 0 saturated heterocycles. The summed E-state index contributed by atoms with van der Waals surface area (Å²) in [5.74, 6) is -1.39. The van der Waals surface area contributed by atoms with Crippen LogP contribution in [0.4, 0.5) is 10.1 Å². The number of benzene rings is 2. The molecule has 0 unspecified atom stereocenters. The maximum absolute atomic E-state index is 13.0. The molecule has 6 nitrogen and oxygen atoms in total. The number of hydrogen-bond acceptors (Lipinski definition) is 5. The zero-order valence-corrected chi connectivity index (χ0v) is 13.6. The number of methoxy groups -OCH3 is 1. The highest BCUT2D eigenvalue weighted by Gasteiger charge is 2.15. The Morgan fingerprint density at radius 3 is 2.68 bits per heavy atom. The molecular weight excluding hydrogens is 329 g/mol. The van der Waals surface area contributed by atoms with Crippen LogP contribution in [0.25, 0.3) is 0 Å². The van der Waals surface area contributed by atoms with Crippen LogP contribution >= 0.6 is 0 Å². The van der Waals surface area contributed by atoms with Crippen molar-refractivity contribution >= 4 is 17.6 Å². The Kier molecular flexibility index (Phi) is 6.33. The van der Waals surface area contributed by atoms with E-state index in [1.165, 1.54) is 43.5 Å². The van der Waals surface area contributed by atoms with Gasteiger partial charge in [-0.1, -0.05) is 12.1 Å². The highest BCUT2D eigenvalue weighted by Crippen LogP contribution is 2.28. The fourth-order valence-electron chi connectivity index (χ4n) is 2.11. The normalized spacial score (nSPS) is 10.2. The van der Waals surface area contributed by atoms with Crippen LogP contribution in [0.3, 0.4) is 0 Å². The van der Waals surface area contributed by atoms with Gasteiger partial charge in [0.2, 0.25) is 5.91 Å². The number of carbonyl (C=O) groups is 2. The summed E-state index contributed by atoms with van der Waals surface area (Å²) in [6.07, 6.45) is 0.539. The van der Waals surface area contributed by atoms with Crippen molar-refractivity contribution in [3.05, 3.63) is 53.8 Å². The summed E-state index contributed by atoms with van der Waals surface area (Å²) in [7, 11) is 1.20. The van der Waals surface area contributed by atoms with E-state index in [4.69, 9.17) is 4.74 Å². The van der Waals surface area contributed by atoms with Crippen molar-refractivity contribution in [2.75, 3.05) is 19.0 Å². The van der Waals surface area contributed by atoms with Crippen molar-refractivity contribution in [3.63, 3.8) is 0 Å². The van der Waals surface area contributed by atoms with E-state index in [2.05, 4.69) is 10.1 Å². The van der Waals surface area contributed by atoms with Crippen molar-refractivity contribution in [3.8, 4) is 11.5 Å². The first-order valence-electron chi connectivity index (χ1n) is 7.59. The first kappa shape index (κ1) is 18.3. The van der Waals surface area contributed by atoms with Gasteiger partial charge in [-0.3, -0.25) is 4.79 Å². The van der Waals surface area contributed by atoms with E-state index in [9.17, 15) is 19.1 Å². The Balaban J connectivity index is 1.83. The fourth-order valence-corrected chi connectivity index (χ4v) is 2.11. The summed E-state index contributed by atoms with van der Waals surface area (Å²) in [5.41, 5.74) is 0.0914. The molecule has 0 fully saturated rings. The molecule has 2 N–H and O–H groups in total. The molecule has 0 aliphatic rings. The number of ether oxygens (including phenoxy) is 2. The van der Waals surface area contributed by atoms with Crippen molar-refractivity contribution < 1.29 is 28.6 Å². The zero-order valence-electron chi connectivity index (χ0n) is 13.6. The average Bonchev–Trinajstić information content (AvgIpc) is 2.60. The van der Waals surface area contributed by atoms with Crippen molar-refractivity contribution in [2.24, 2.45) is 0 Å². The third kappa shape index (κ3) is 5.20. The molecule has 7 heteroatoms. The molecule has 0 bridgehead atoms. The van der Waals surface area contributed by atoms with Crippen LogP contribution in [0.1, 0.15) is 23.2 Å². The molecule has 0 aliphatic carbocycles. The number of para-hydroxylation sites is 1. The van der Waals surface area contributed by atoms with Gasteiger partial charge in [-0.2, -0.15) is 0 Å². The maximum Gasteiger partial charge on any atom is 0.341 e. The number of anilines is 1. The number of esters is 1. The van der Waals surface area contributed by atoms with E-state index in [0.717, 1.165) is 0 Å². The third-order valence-electron chi connectivity index (χ3n) is 3.33. The second-order valence-electron chi connectivity index (χ2n) is 5.15. The number of aromatic hydroxyl groups is 1. The van der Waals surface area contributed by atoms with Gasteiger partial charge in [0.25, 0.3) is 0 Å². The minimum atomic E-state index is -0.697. The summed E-state index contributed by atoms with van der Waals surface area (Å²) in [6, 6.07) is 10.1. The fraction of sp³-hybridized carbons (Fsp3) is 0.222. The number of hydrogen-bond donors (Lipinski definition) is 2. The van der Waals surface area contributed by atoms with Gasteiger partial charge in [-0.25, -0.2) is 9.18 Å².